The summed E-state index contributed by atoms with van der Waals surface area (Å²) in [6.45, 7) is 1.85. The smallest absolute Gasteiger partial charge is 0.306 e. The molecule has 2 aromatic rings. The van der Waals surface area contributed by atoms with Crippen LogP contribution >= 0.6 is 0 Å². The molecule has 0 atom stereocenters. The minimum atomic E-state index is -0.219. The molecule has 2 rings (SSSR count). The molecule has 0 fully saturated rings. The molecule has 78 valence electrons. The van der Waals surface area contributed by atoms with E-state index in [2.05, 4.69) is 9.97 Å². The fourth-order valence-electron chi connectivity index (χ4n) is 1.54. The first-order chi connectivity index (χ1) is 7.19. The third kappa shape index (κ3) is 1.98. The number of carbonyl (C=O) groups is 1. The van der Waals surface area contributed by atoms with Crippen LogP contribution in [0.25, 0.3) is 11.0 Å². The van der Waals surface area contributed by atoms with Gasteiger partial charge in [0.15, 0.2) is 0 Å². The van der Waals surface area contributed by atoms with Crippen LogP contribution in [0.5, 0.6) is 0 Å². The molecule has 0 saturated carbocycles. The summed E-state index contributed by atoms with van der Waals surface area (Å²) < 4.78 is 0. The van der Waals surface area contributed by atoms with E-state index in [1.807, 2.05) is 25.1 Å². The summed E-state index contributed by atoms with van der Waals surface area (Å²) in [6.07, 6.45) is 0.974. The zero-order valence-corrected chi connectivity index (χ0v) is 8.46. The Morgan fingerprint density at radius 3 is 2.73 bits per heavy atom. The zero-order valence-electron chi connectivity index (χ0n) is 8.46. The number of aromatic amines is 2. The van der Waals surface area contributed by atoms with Gasteiger partial charge in [0, 0.05) is 12.8 Å². The zero-order chi connectivity index (χ0) is 10.8. The molecule has 15 heavy (non-hydrogen) atoms. The maximum absolute atomic E-state index is 11.2. The maximum Gasteiger partial charge on any atom is 0.323 e. The van der Waals surface area contributed by atoms with Gasteiger partial charge in [0.2, 0.25) is 0 Å². The van der Waals surface area contributed by atoms with E-state index in [4.69, 9.17) is 0 Å². The van der Waals surface area contributed by atoms with Gasteiger partial charge in [-0.2, -0.15) is 0 Å². The van der Waals surface area contributed by atoms with Crippen molar-refractivity contribution in [1.82, 2.24) is 9.97 Å². The number of H-pyrrole nitrogens is 2. The first-order valence-corrected chi connectivity index (χ1v) is 4.91. The van der Waals surface area contributed by atoms with E-state index in [0.717, 1.165) is 16.6 Å². The van der Waals surface area contributed by atoms with Crippen LogP contribution < -0.4 is 5.69 Å². The van der Waals surface area contributed by atoms with E-state index in [9.17, 15) is 9.59 Å². The molecule has 0 aliphatic heterocycles. The predicted octanol–water partition coefficient (Wildman–Crippen LogP) is 1.38. The van der Waals surface area contributed by atoms with Crippen molar-refractivity contribution < 1.29 is 4.79 Å². The third-order valence-corrected chi connectivity index (χ3v) is 2.38. The van der Waals surface area contributed by atoms with Crippen LogP contribution in [-0.2, 0) is 11.2 Å². The molecule has 4 nitrogen and oxygen atoms in total. The molecule has 0 spiro atoms. The minimum absolute atomic E-state index is 0.201. The highest BCUT2D eigenvalue weighted by atomic mass is 16.1. The molecule has 0 aliphatic rings. The van der Waals surface area contributed by atoms with Crippen LogP contribution in [-0.4, -0.2) is 15.8 Å². The molecule has 0 aliphatic carbocycles. The maximum atomic E-state index is 11.2. The molecule has 0 amide bonds. The molecular weight excluding hydrogens is 192 g/mol. The Kier molecular flexibility index (Phi) is 2.41. The summed E-state index contributed by atoms with van der Waals surface area (Å²) in [5, 5.41) is 0. The molecule has 0 bridgehead atoms. The standard InChI is InChI=1S/C11H12N2O2/c1-2-8(14)5-7-3-4-9-10(6-7)13-11(15)12-9/h3-4,6H,2,5H2,1H3,(H2,12,13,15). The number of ketones is 1. The van der Waals surface area contributed by atoms with Crippen molar-refractivity contribution in [3.8, 4) is 0 Å². The second kappa shape index (κ2) is 3.73. The average Bonchev–Trinajstić information content (AvgIpc) is 2.57. The number of fused-ring (bicyclic) bond motifs is 1. The van der Waals surface area contributed by atoms with Crippen LogP contribution in [0.3, 0.4) is 0 Å². The van der Waals surface area contributed by atoms with Gasteiger partial charge in [-0.25, -0.2) is 4.79 Å². The summed E-state index contributed by atoms with van der Waals surface area (Å²) in [5.41, 5.74) is 2.24. The molecule has 1 aromatic heterocycles. The Morgan fingerprint density at radius 2 is 2.00 bits per heavy atom. The number of benzene rings is 1. The molecule has 0 saturated heterocycles. The van der Waals surface area contributed by atoms with E-state index < -0.39 is 0 Å². The number of nitrogens with one attached hydrogen (secondary N) is 2. The van der Waals surface area contributed by atoms with Gasteiger partial charge in [0.25, 0.3) is 0 Å². The second-order valence-corrected chi connectivity index (χ2v) is 3.53. The van der Waals surface area contributed by atoms with E-state index in [0.29, 0.717) is 12.8 Å². The third-order valence-electron chi connectivity index (χ3n) is 2.38. The number of hydrogen-bond acceptors (Lipinski definition) is 2. The van der Waals surface area contributed by atoms with Gasteiger partial charge in [-0.3, -0.25) is 4.79 Å². The first kappa shape index (κ1) is 9.71. The quantitative estimate of drug-likeness (QED) is 0.793. The number of carbonyl (C=O) groups excluding carboxylic acids is 1. The Hall–Kier alpha value is -1.84. The van der Waals surface area contributed by atoms with Crippen LogP contribution in [0.15, 0.2) is 23.0 Å². The van der Waals surface area contributed by atoms with Crippen LogP contribution in [0.4, 0.5) is 0 Å². The lowest BCUT2D eigenvalue weighted by Crippen LogP contribution is -2.00. The van der Waals surface area contributed by atoms with Gasteiger partial charge < -0.3 is 9.97 Å². The monoisotopic (exact) mass is 204 g/mol. The topological polar surface area (TPSA) is 65.7 Å². The lowest BCUT2D eigenvalue weighted by molar-refractivity contribution is -0.118. The van der Waals surface area contributed by atoms with Gasteiger partial charge >= 0.3 is 5.69 Å². The molecular formula is C11H12N2O2. The van der Waals surface area contributed by atoms with E-state index in [-0.39, 0.29) is 11.5 Å². The van der Waals surface area contributed by atoms with Gasteiger partial charge in [-0.1, -0.05) is 13.0 Å². The fourth-order valence-corrected chi connectivity index (χ4v) is 1.54. The Bertz CT molecular complexity index is 551. The first-order valence-electron chi connectivity index (χ1n) is 4.91. The molecule has 1 aromatic carbocycles. The van der Waals surface area contributed by atoms with Crippen LogP contribution in [0, 0.1) is 0 Å². The lowest BCUT2D eigenvalue weighted by atomic mass is 10.1. The van der Waals surface area contributed by atoms with E-state index >= 15 is 0 Å². The van der Waals surface area contributed by atoms with Crippen LogP contribution in [0.2, 0.25) is 0 Å². The summed E-state index contributed by atoms with van der Waals surface area (Å²) >= 11 is 0. The van der Waals surface area contributed by atoms with Gasteiger partial charge in [-0.05, 0) is 17.7 Å². The van der Waals surface area contributed by atoms with Gasteiger partial charge in [0.05, 0.1) is 11.0 Å². The summed E-state index contributed by atoms with van der Waals surface area (Å²) in [6, 6.07) is 5.51. The lowest BCUT2D eigenvalue weighted by Gasteiger charge is -1.98. The minimum Gasteiger partial charge on any atom is -0.306 e. The van der Waals surface area contributed by atoms with Crippen molar-refractivity contribution in [2.45, 2.75) is 19.8 Å². The van der Waals surface area contributed by atoms with Gasteiger partial charge in [0.1, 0.15) is 5.78 Å². The fraction of sp³-hybridized carbons (Fsp3) is 0.273. The van der Waals surface area contributed by atoms with Crippen molar-refractivity contribution in [2.24, 2.45) is 0 Å². The van der Waals surface area contributed by atoms with E-state index in [1.54, 1.807) is 0 Å². The molecule has 4 heteroatoms. The van der Waals surface area contributed by atoms with Gasteiger partial charge in [-0.15, -0.1) is 0 Å². The number of imidazole rings is 1. The molecule has 0 unspecified atom stereocenters. The highest BCUT2D eigenvalue weighted by Crippen LogP contribution is 2.11. The normalized spacial score (nSPS) is 10.7. The highest BCUT2D eigenvalue weighted by molar-refractivity contribution is 5.82. The number of hydrogen-bond donors (Lipinski definition) is 2. The number of Topliss-reactive ketones (excluding diaryl/α,β-unsaturated/α-hetero) is 1. The Morgan fingerprint density at radius 1 is 1.27 bits per heavy atom. The van der Waals surface area contributed by atoms with Crippen molar-refractivity contribution in [1.29, 1.82) is 0 Å². The largest absolute Gasteiger partial charge is 0.323 e. The van der Waals surface area contributed by atoms with E-state index in [1.165, 1.54) is 0 Å². The van der Waals surface area contributed by atoms with Crippen LogP contribution in [0.1, 0.15) is 18.9 Å². The summed E-state index contributed by atoms with van der Waals surface area (Å²) in [7, 11) is 0. The average molecular weight is 204 g/mol. The SMILES string of the molecule is CCC(=O)Cc1ccc2[nH]c(=O)[nH]c2c1. The Balaban J connectivity index is 2.38. The Labute approximate surface area is 86.3 Å². The number of rotatable bonds is 3. The molecule has 0 radical (unpaired) electrons. The van der Waals surface area contributed by atoms with Crippen molar-refractivity contribution in [3.05, 3.63) is 34.2 Å². The van der Waals surface area contributed by atoms with Crippen molar-refractivity contribution in [2.75, 3.05) is 0 Å². The highest BCUT2D eigenvalue weighted by Gasteiger charge is 2.03. The second-order valence-electron chi connectivity index (χ2n) is 3.53. The molecule has 1 heterocycles. The summed E-state index contributed by atoms with van der Waals surface area (Å²) in [5.74, 6) is 0.201. The molecule has 2 N–H and O–H groups in total. The summed E-state index contributed by atoms with van der Waals surface area (Å²) in [4.78, 5) is 27.6. The van der Waals surface area contributed by atoms with Crippen molar-refractivity contribution >= 4 is 16.8 Å². The van der Waals surface area contributed by atoms with Crippen molar-refractivity contribution in [3.63, 3.8) is 0 Å². The predicted molar refractivity (Wildman–Crippen MR) is 57.9 cm³/mol. The number of aromatic nitrogens is 2.